The first kappa shape index (κ1) is 18.1. The molecule has 0 aliphatic heterocycles. The Balaban J connectivity index is 1.66. The molecule has 0 saturated heterocycles. The molecule has 0 N–H and O–H groups in total. The molecule has 140 valence electrons. The van der Waals surface area contributed by atoms with E-state index in [-0.39, 0.29) is 24.7 Å². The molecule has 25 heavy (non-hydrogen) atoms. The standard InChI is InChI=1S/C18H22F4O3/c19-16-14(23-10-9-13-4-5-13)6-7-15(17(16)25-18(20,21)22)24-11-8-12-2-1-3-12/h6-7,12-13H,1-5,8-11H2. The lowest BCUT2D eigenvalue weighted by atomic mass is 9.83. The van der Waals surface area contributed by atoms with Gasteiger partial charge in [-0.15, -0.1) is 13.2 Å². The predicted octanol–water partition coefficient (Wildman–Crippen LogP) is 5.47. The van der Waals surface area contributed by atoms with E-state index in [0.717, 1.165) is 38.5 Å². The molecule has 0 bridgehead atoms. The van der Waals surface area contributed by atoms with Crippen LogP contribution in [0.1, 0.15) is 44.9 Å². The number of hydrogen-bond donors (Lipinski definition) is 0. The van der Waals surface area contributed by atoms with Gasteiger partial charge in [-0.25, -0.2) is 0 Å². The summed E-state index contributed by atoms with van der Waals surface area (Å²) in [5.41, 5.74) is 0. The molecule has 2 aliphatic carbocycles. The third-order valence-electron chi connectivity index (χ3n) is 4.73. The van der Waals surface area contributed by atoms with E-state index in [4.69, 9.17) is 9.47 Å². The Labute approximate surface area is 144 Å². The summed E-state index contributed by atoms with van der Waals surface area (Å²) in [5.74, 6) is -1.49. The number of alkyl halides is 3. The molecule has 0 atom stereocenters. The van der Waals surface area contributed by atoms with E-state index in [1.54, 1.807) is 0 Å². The molecule has 3 nitrogen and oxygen atoms in total. The van der Waals surface area contributed by atoms with Crippen LogP contribution in [0.3, 0.4) is 0 Å². The molecule has 0 heterocycles. The molecular formula is C18H22F4O3. The highest BCUT2D eigenvalue weighted by atomic mass is 19.4. The Bertz CT molecular complexity index is 580. The largest absolute Gasteiger partial charge is 0.573 e. The SMILES string of the molecule is Fc1c(OCCC2CC2)ccc(OCCC2CCC2)c1OC(F)(F)F. The number of ether oxygens (including phenoxy) is 3. The second-order valence-electron chi connectivity index (χ2n) is 6.77. The Morgan fingerprint density at radius 2 is 1.44 bits per heavy atom. The zero-order chi connectivity index (χ0) is 17.9. The maximum absolute atomic E-state index is 14.4. The van der Waals surface area contributed by atoms with Gasteiger partial charge in [0.25, 0.3) is 0 Å². The Morgan fingerprint density at radius 1 is 0.880 bits per heavy atom. The summed E-state index contributed by atoms with van der Waals surface area (Å²) < 4.78 is 66.8. The summed E-state index contributed by atoms with van der Waals surface area (Å²) >= 11 is 0. The molecular weight excluding hydrogens is 340 g/mol. The summed E-state index contributed by atoms with van der Waals surface area (Å²) in [7, 11) is 0. The van der Waals surface area contributed by atoms with Gasteiger partial charge in [-0.05, 0) is 36.8 Å². The molecule has 1 aromatic carbocycles. The molecule has 2 fully saturated rings. The fraction of sp³-hybridized carbons (Fsp3) is 0.667. The van der Waals surface area contributed by atoms with Crippen molar-refractivity contribution < 1.29 is 31.8 Å². The summed E-state index contributed by atoms with van der Waals surface area (Å²) in [4.78, 5) is 0. The highest BCUT2D eigenvalue weighted by Crippen LogP contribution is 2.40. The molecule has 0 amide bonds. The van der Waals surface area contributed by atoms with Crippen LogP contribution in [0.4, 0.5) is 17.6 Å². The average molecular weight is 362 g/mol. The van der Waals surface area contributed by atoms with Gasteiger partial charge in [-0.2, -0.15) is 4.39 Å². The van der Waals surface area contributed by atoms with Crippen LogP contribution < -0.4 is 14.2 Å². The summed E-state index contributed by atoms with van der Waals surface area (Å²) in [6.45, 7) is 0.509. The molecule has 0 spiro atoms. The lowest BCUT2D eigenvalue weighted by molar-refractivity contribution is -0.276. The zero-order valence-corrected chi connectivity index (χ0v) is 13.9. The van der Waals surface area contributed by atoms with Gasteiger partial charge < -0.3 is 14.2 Å². The van der Waals surface area contributed by atoms with Gasteiger partial charge in [0.15, 0.2) is 11.5 Å². The Kier molecular flexibility index (Phi) is 5.59. The highest BCUT2D eigenvalue weighted by Gasteiger charge is 2.35. The fourth-order valence-electron chi connectivity index (χ4n) is 2.82. The number of benzene rings is 1. The number of hydrogen-bond acceptors (Lipinski definition) is 3. The van der Waals surface area contributed by atoms with E-state index < -0.39 is 17.9 Å². The van der Waals surface area contributed by atoms with Crippen LogP contribution in [-0.2, 0) is 0 Å². The molecule has 0 aromatic heterocycles. The maximum Gasteiger partial charge on any atom is 0.573 e. The van der Waals surface area contributed by atoms with Crippen LogP contribution >= 0.6 is 0 Å². The molecule has 2 saturated carbocycles. The van der Waals surface area contributed by atoms with Gasteiger partial charge in [-0.1, -0.05) is 32.1 Å². The number of rotatable bonds is 9. The third kappa shape index (κ3) is 5.41. The summed E-state index contributed by atoms with van der Waals surface area (Å²) in [6, 6.07) is 2.57. The van der Waals surface area contributed by atoms with Crippen LogP contribution in [0.15, 0.2) is 12.1 Å². The Morgan fingerprint density at radius 3 is 1.96 bits per heavy atom. The van der Waals surface area contributed by atoms with Crippen molar-refractivity contribution in [3.63, 3.8) is 0 Å². The van der Waals surface area contributed by atoms with Crippen molar-refractivity contribution in [2.45, 2.75) is 51.3 Å². The van der Waals surface area contributed by atoms with Crippen molar-refractivity contribution in [2.24, 2.45) is 11.8 Å². The first-order valence-corrected chi connectivity index (χ1v) is 8.76. The van der Waals surface area contributed by atoms with Crippen molar-refractivity contribution >= 4 is 0 Å². The quantitative estimate of drug-likeness (QED) is 0.545. The summed E-state index contributed by atoms with van der Waals surface area (Å²) in [6.07, 6.45) is 2.16. The van der Waals surface area contributed by atoms with Gasteiger partial charge in [-0.3, -0.25) is 0 Å². The summed E-state index contributed by atoms with van der Waals surface area (Å²) in [5, 5.41) is 0. The van der Waals surface area contributed by atoms with Crippen LogP contribution in [0, 0.1) is 17.7 Å². The van der Waals surface area contributed by atoms with Crippen molar-refractivity contribution in [2.75, 3.05) is 13.2 Å². The van der Waals surface area contributed by atoms with Crippen LogP contribution in [0.25, 0.3) is 0 Å². The van der Waals surface area contributed by atoms with E-state index in [1.807, 2.05) is 0 Å². The van der Waals surface area contributed by atoms with Gasteiger partial charge in [0.05, 0.1) is 13.2 Å². The van der Waals surface area contributed by atoms with E-state index in [0.29, 0.717) is 11.8 Å². The third-order valence-corrected chi connectivity index (χ3v) is 4.73. The second kappa shape index (κ2) is 7.70. The fourth-order valence-corrected chi connectivity index (χ4v) is 2.82. The van der Waals surface area contributed by atoms with Crippen LogP contribution in [-0.4, -0.2) is 19.6 Å². The average Bonchev–Trinajstić information content (AvgIpc) is 3.30. The minimum atomic E-state index is -5.00. The van der Waals surface area contributed by atoms with Gasteiger partial charge in [0.1, 0.15) is 0 Å². The van der Waals surface area contributed by atoms with Crippen LogP contribution in [0.5, 0.6) is 17.2 Å². The van der Waals surface area contributed by atoms with Crippen molar-refractivity contribution in [1.29, 1.82) is 0 Å². The van der Waals surface area contributed by atoms with Gasteiger partial charge in [0.2, 0.25) is 11.6 Å². The molecule has 0 radical (unpaired) electrons. The van der Waals surface area contributed by atoms with E-state index in [9.17, 15) is 17.6 Å². The highest BCUT2D eigenvalue weighted by molar-refractivity contribution is 5.47. The first-order chi connectivity index (χ1) is 11.9. The topological polar surface area (TPSA) is 27.7 Å². The maximum atomic E-state index is 14.4. The molecule has 3 rings (SSSR count). The van der Waals surface area contributed by atoms with Crippen molar-refractivity contribution in [3.8, 4) is 17.2 Å². The first-order valence-electron chi connectivity index (χ1n) is 8.76. The Hall–Kier alpha value is -1.66. The monoisotopic (exact) mass is 362 g/mol. The molecule has 1 aromatic rings. The minimum Gasteiger partial charge on any atom is -0.490 e. The minimum absolute atomic E-state index is 0.236. The lowest BCUT2D eigenvalue weighted by Crippen LogP contribution is -2.19. The second-order valence-corrected chi connectivity index (χ2v) is 6.77. The van der Waals surface area contributed by atoms with E-state index in [2.05, 4.69) is 4.74 Å². The van der Waals surface area contributed by atoms with E-state index in [1.165, 1.54) is 18.6 Å². The van der Waals surface area contributed by atoms with Crippen molar-refractivity contribution in [3.05, 3.63) is 17.9 Å². The predicted molar refractivity (Wildman–Crippen MR) is 83.4 cm³/mol. The van der Waals surface area contributed by atoms with Gasteiger partial charge >= 0.3 is 6.36 Å². The van der Waals surface area contributed by atoms with Crippen LogP contribution in [0.2, 0.25) is 0 Å². The normalized spacial score (nSPS) is 17.9. The smallest absolute Gasteiger partial charge is 0.490 e. The molecule has 2 aliphatic rings. The lowest BCUT2D eigenvalue weighted by Gasteiger charge is -2.25. The van der Waals surface area contributed by atoms with Gasteiger partial charge in [0, 0.05) is 0 Å². The van der Waals surface area contributed by atoms with E-state index >= 15 is 0 Å². The zero-order valence-electron chi connectivity index (χ0n) is 13.9. The van der Waals surface area contributed by atoms with Crippen molar-refractivity contribution in [1.82, 2.24) is 0 Å². The molecule has 7 heteroatoms. The molecule has 0 unspecified atom stereocenters. The number of halogens is 4.